The van der Waals surface area contributed by atoms with Gasteiger partial charge in [-0.05, 0) is 31.8 Å². The van der Waals surface area contributed by atoms with Gasteiger partial charge in [0.25, 0.3) is 0 Å². The second-order valence-corrected chi connectivity index (χ2v) is 3.51. The largest absolute Gasteiger partial charge is 0.251 e. The van der Waals surface area contributed by atoms with Crippen LogP contribution in [0.2, 0.25) is 0 Å². The zero-order valence-corrected chi connectivity index (χ0v) is 8.61. The number of hydrogen-bond donors (Lipinski definition) is 0. The topological polar surface area (TPSA) is 0 Å². The van der Waals surface area contributed by atoms with Gasteiger partial charge in [-0.15, -0.1) is 0 Å². The molecule has 0 aliphatic heterocycles. The molecule has 0 heterocycles. The fraction of sp³-hybridized carbons (Fsp3) is 0.636. The van der Waals surface area contributed by atoms with Crippen molar-refractivity contribution < 1.29 is 8.78 Å². The van der Waals surface area contributed by atoms with Gasteiger partial charge in [-0.3, -0.25) is 4.39 Å². The third-order valence-corrected chi connectivity index (χ3v) is 1.70. The van der Waals surface area contributed by atoms with Gasteiger partial charge in [0, 0.05) is 0 Å². The third-order valence-electron chi connectivity index (χ3n) is 1.70. The van der Waals surface area contributed by atoms with Crippen LogP contribution >= 0.6 is 0 Å². The highest BCUT2D eigenvalue weighted by molar-refractivity contribution is 5.17. The Hall–Kier alpha value is -0.660. The van der Waals surface area contributed by atoms with Crippen LogP contribution in [0.25, 0.3) is 0 Å². The highest BCUT2D eigenvalue weighted by Gasteiger charge is 2.02. The predicted molar refractivity (Wildman–Crippen MR) is 53.0 cm³/mol. The van der Waals surface area contributed by atoms with Gasteiger partial charge in [0.2, 0.25) is 0 Å². The first-order chi connectivity index (χ1) is 6.10. The van der Waals surface area contributed by atoms with Gasteiger partial charge in [-0.25, -0.2) is 4.39 Å². The summed E-state index contributed by atoms with van der Waals surface area (Å²) in [7, 11) is 0. The molecule has 0 aliphatic rings. The summed E-state index contributed by atoms with van der Waals surface area (Å²) < 4.78 is 24.9. The van der Waals surface area contributed by atoms with Crippen LogP contribution in [-0.2, 0) is 0 Å². The van der Waals surface area contributed by atoms with Gasteiger partial charge in [-0.2, -0.15) is 0 Å². The number of alkyl halides is 1. The molecule has 0 aromatic rings. The van der Waals surface area contributed by atoms with E-state index in [1.165, 1.54) is 12.2 Å². The first-order valence-corrected chi connectivity index (χ1v) is 4.67. The zero-order chi connectivity index (χ0) is 10.3. The quantitative estimate of drug-likeness (QED) is 0.567. The van der Waals surface area contributed by atoms with Crippen molar-refractivity contribution in [1.82, 2.24) is 0 Å². The molecule has 0 saturated carbocycles. The van der Waals surface area contributed by atoms with E-state index in [1.807, 2.05) is 13.8 Å². The van der Waals surface area contributed by atoms with Crippen LogP contribution in [0, 0.1) is 5.92 Å². The number of rotatable bonds is 5. The van der Waals surface area contributed by atoms with Crippen molar-refractivity contribution in [3.63, 3.8) is 0 Å². The molecule has 0 aromatic heterocycles. The summed E-state index contributed by atoms with van der Waals surface area (Å²) >= 11 is 0. The lowest BCUT2D eigenvalue weighted by molar-refractivity contribution is 0.480. The van der Waals surface area contributed by atoms with Gasteiger partial charge in [0.1, 0.15) is 5.83 Å². The maximum absolute atomic E-state index is 12.8. The minimum absolute atomic E-state index is 0.274. The molecular weight excluding hydrogens is 170 g/mol. The van der Waals surface area contributed by atoms with E-state index < -0.39 is 6.67 Å². The molecule has 0 N–H and O–H groups in total. The van der Waals surface area contributed by atoms with Gasteiger partial charge in [0.15, 0.2) is 0 Å². The first kappa shape index (κ1) is 12.3. The maximum atomic E-state index is 12.8. The Kier molecular flexibility index (Phi) is 6.47. The second kappa shape index (κ2) is 6.81. The molecule has 0 amide bonds. The summed E-state index contributed by atoms with van der Waals surface area (Å²) in [6, 6.07) is 0. The molecule has 0 radical (unpaired) electrons. The van der Waals surface area contributed by atoms with Gasteiger partial charge >= 0.3 is 0 Å². The Bertz CT molecular complexity index is 190. The molecule has 0 nitrogen and oxygen atoms in total. The molecule has 0 fully saturated rings. The summed E-state index contributed by atoms with van der Waals surface area (Å²) in [5, 5.41) is 0. The Morgan fingerprint density at radius 2 is 2.00 bits per heavy atom. The molecule has 0 atom stereocenters. The standard InChI is InChI=1S/C11H18F2/c1-4-11(13)8-10(5-6-12)7-9(2)3/h4,8-9H,5-7H2,1-3H3/b10-8+,11-4+. The Labute approximate surface area is 79.3 Å². The van der Waals surface area contributed by atoms with E-state index in [-0.39, 0.29) is 5.83 Å². The van der Waals surface area contributed by atoms with Gasteiger partial charge < -0.3 is 0 Å². The number of hydrogen-bond acceptors (Lipinski definition) is 0. The van der Waals surface area contributed by atoms with Crippen molar-refractivity contribution in [3.8, 4) is 0 Å². The van der Waals surface area contributed by atoms with Crippen molar-refractivity contribution in [3.05, 3.63) is 23.6 Å². The zero-order valence-electron chi connectivity index (χ0n) is 8.61. The van der Waals surface area contributed by atoms with Crippen LogP contribution in [0.4, 0.5) is 8.78 Å². The SMILES string of the molecule is C/C=C(F)\C=C(/CCF)CC(C)C. The fourth-order valence-corrected chi connectivity index (χ4v) is 1.16. The van der Waals surface area contributed by atoms with E-state index in [9.17, 15) is 8.78 Å². The Balaban J connectivity index is 4.31. The van der Waals surface area contributed by atoms with Crippen molar-refractivity contribution in [1.29, 1.82) is 0 Å². The lowest BCUT2D eigenvalue weighted by atomic mass is 10.0. The molecule has 76 valence electrons. The van der Waals surface area contributed by atoms with Crippen LogP contribution in [-0.4, -0.2) is 6.67 Å². The monoisotopic (exact) mass is 188 g/mol. The van der Waals surface area contributed by atoms with Crippen LogP contribution in [0.1, 0.15) is 33.6 Å². The van der Waals surface area contributed by atoms with Crippen molar-refractivity contribution in [2.24, 2.45) is 5.92 Å². The van der Waals surface area contributed by atoms with Crippen molar-refractivity contribution in [2.45, 2.75) is 33.6 Å². The summed E-state index contributed by atoms with van der Waals surface area (Å²) in [6.45, 7) is 5.31. The minimum atomic E-state index is -0.407. The van der Waals surface area contributed by atoms with Crippen LogP contribution in [0.15, 0.2) is 23.6 Å². The number of allylic oxidation sites excluding steroid dienone is 4. The molecule has 0 bridgehead atoms. The summed E-state index contributed by atoms with van der Waals surface area (Å²) in [5.74, 6) is 0.173. The van der Waals surface area contributed by atoms with Crippen molar-refractivity contribution in [2.75, 3.05) is 6.67 Å². The molecule has 0 aliphatic carbocycles. The minimum Gasteiger partial charge on any atom is -0.251 e. The maximum Gasteiger partial charge on any atom is 0.118 e. The normalized spacial score (nSPS) is 14.0. The van der Waals surface area contributed by atoms with E-state index in [0.717, 1.165) is 12.0 Å². The second-order valence-electron chi connectivity index (χ2n) is 3.51. The summed E-state index contributed by atoms with van der Waals surface area (Å²) in [6.07, 6.45) is 3.95. The third kappa shape index (κ3) is 6.50. The number of halogens is 2. The summed E-state index contributed by atoms with van der Waals surface area (Å²) in [5.41, 5.74) is 0.855. The molecule has 0 saturated heterocycles. The average Bonchev–Trinajstić information content (AvgIpc) is 2.03. The fourth-order valence-electron chi connectivity index (χ4n) is 1.16. The molecule has 0 unspecified atom stereocenters. The van der Waals surface area contributed by atoms with E-state index in [4.69, 9.17) is 0 Å². The van der Waals surface area contributed by atoms with Crippen LogP contribution in [0.3, 0.4) is 0 Å². The highest BCUT2D eigenvalue weighted by Crippen LogP contribution is 2.17. The Morgan fingerprint density at radius 1 is 1.38 bits per heavy atom. The molecule has 2 heteroatoms. The van der Waals surface area contributed by atoms with Crippen LogP contribution < -0.4 is 0 Å². The summed E-state index contributed by atoms with van der Waals surface area (Å²) in [4.78, 5) is 0. The smallest absolute Gasteiger partial charge is 0.118 e. The molecule has 0 aromatic carbocycles. The lowest BCUT2D eigenvalue weighted by Gasteiger charge is -2.07. The van der Waals surface area contributed by atoms with E-state index >= 15 is 0 Å². The highest BCUT2D eigenvalue weighted by atomic mass is 19.1. The molecular formula is C11H18F2. The molecule has 0 spiro atoms. The van der Waals surface area contributed by atoms with Gasteiger partial charge in [0.05, 0.1) is 6.67 Å². The lowest BCUT2D eigenvalue weighted by Crippen LogP contribution is -1.93. The Morgan fingerprint density at radius 3 is 2.38 bits per heavy atom. The molecule has 0 rings (SSSR count). The average molecular weight is 188 g/mol. The van der Waals surface area contributed by atoms with Gasteiger partial charge in [-0.1, -0.05) is 25.5 Å². The van der Waals surface area contributed by atoms with E-state index in [2.05, 4.69) is 0 Å². The predicted octanol–water partition coefficient (Wildman–Crippen LogP) is 4.19. The van der Waals surface area contributed by atoms with E-state index in [1.54, 1.807) is 6.92 Å². The van der Waals surface area contributed by atoms with E-state index in [0.29, 0.717) is 12.3 Å². The first-order valence-electron chi connectivity index (χ1n) is 4.67. The van der Waals surface area contributed by atoms with Crippen molar-refractivity contribution >= 4 is 0 Å². The van der Waals surface area contributed by atoms with Crippen LogP contribution in [0.5, 0.6) is 0 Å². The molecule has 13 heavy (non-hydrogen) atoms.